The predicted octanol–water partition coefficient (Wildman–Crippen LogP) is 3.68. The Bertz CT molecular complexity index is 793. The molecule has 6 heteroatoms. The molecule has 25 heavy (non-hydrogen) atoms. The molecule has 1 aliphatic heterocycles. The minimum atomic E-state index is -0.283. The summed E-state index contributed by atoms with van der Waals surface area (Å²) in [7, 11) is 0. The van der Waals surface area contributed by atoms with Crippen molar-refractivity contribution in [3.8, 4) is 0 Å². The fourth-order valence-electron chi connectivity index (χ4n) is 2.86. The SMILES string of the molecule is CC(=O)Nc1ccc(CC(=O)NC2CCSc3ccc(F)cc32)cc1. The molecule has 0 radical (unpaired) electrons. The number of hydrogen-bond donors (Lipinski definition) is 2. The van der Waals surface area contributed by atoms with Crippen molar-refractivity contribution in [3.63, 3.8) is 0 Å². The number of fused-ring (bicyclic) bond motifs is 1. The molecular formula is C19H19FN2O2S. The molecule has 2 aromatic rings. The Morgan fingerprint density at radius 3 is 2.68 bits per heavy atom. The van der Waals surface area contributed by atoms with Gasteiger partial charge in [-0.1, -0.05) is 12.1 Å². The van der Waals surface area contributed by atoms with Gasteiger partial charge in [0.2, 0.25) is 11.8 Å². The molecule has 1 atom stereocenters. The van der Waals surface area contributed by atoms with Gasteiger partial charge in [-0.15, -0.1) is 11.8 Å². The molecule has 0 fully saturated rings. The van der Waals surface area contributed by atoms with E-state index in [2.05, 4.69) is 10.6 Å². The quantitative estimate of drug-likeness (QED) is 0.877. The van der Waals surface area contributed by atoms with Gasteiger partial charge in [0, 0.05) is 23.3 Å². The van der Waals surface area contributed by atoms with Crippen molar-refractivity contribution in [2.45, 2.75) is 30.7 Å². The smallest absolute Gasteiger partial charge is 0.224 e. The van der Waals surface area contributed by atoms with Gasteiger partial charge in [-0.3, -0.25) is 9.59 Å². The van der Waals surface area contributed by atoms with Crippen LogP contribution in [0.2, 0.25) is 0 Å². The Morgan fingerprint density at radius 2 is 1.96 bits per heavy atom. The van der Waals surface area contributed by atoms with Crippen LogP contribution < -0.4 is 10.6 Å². The molecule has 0 bridgehead atoms. The number of nitrogens with one attached hydrogen (secondary N) is 2. The van der Waals surface area contributed by atoms with Crippen LogP contribution in [0.3, 0.4) is 0 Å². The fraction of sp³-hybridized carbons (Fsp3) is 0.263. The second-order valence-corrected chi connectivity index (χ2v) is 7.13. The Labute approximate surface area is 150 Å². The first-order valence-electron chi connectivity index (χ1n) is 8.09. The second kappa shape index (κ2) is 7.70. The van der Waals surface area contributed by atoms with Gasteiger partial charge < -0.3 is 10.6 Å². The van der Waals surface area contributed by atoms with E-state index in [1.807, 2.05) is 12.1 Å². The molecule has 2 amide bonds. The Balaban J connectivity index is 1.64. The molecule has 0 aromatic heterocycles. The van der Waals surface area contributed by atoms with Gasteiger partial charge in [-0.25, -0.2) is 4.39 Å². The zero-order valence-electron chi connectivity index (χ0n) is 13.8. The Morgan fingerprint density at radius 1 is 1.20 bits per heavy atom. The summed E-state index contributed by atoms with van der Waals surface area (Å²) in [6.45, 7) is 1.45. The van der Waals surface area contributed by atoms with E-state index in [-0.39, 0.29) is 30.1 Å². The van der Waals surface area contributed by atoms with Crippen LogP contribution in [0.25, 0.3) is 0 Å². The van der Waals surface area contributed by atoms with Crippen LogP contribution in [0, 0.1) is 5.82 Å². The second-order valence-electron chi connectivity index (χ2n) is 5.99. The summed E-state index contributed by atoms with van der Waals surface area (Å²) in [6.07, 6.45) is 1.03. The lowest BCUT2D eigenvalue weighted by Crippen LogP contribution is -2.31. The van der Waals surface area contributed by atoms with Gasteiger partial charge in [-0.05, 0) is 47.9 Å². The normalized spacial score (nSPS) is 16.0. The van der Waals surface area contributed by atoms with Gasteiger partial charge in [0.05, 0.1) is 12.5 Å². The van der Waals surface area contributed by atoms with Gasteiger partial charge in [-0.2, -0.15) is 0 Å². The number of carbonyl (C=O) groups excluding carboxylic acids is 2. The highest BCUT2D eigenvalue weighted by molar-refractivity contribution is 7.99. The Hall–Kier alpha value is -2.34. The lowest BCUT2D eigenvalue weighted by atomic mass is 10.0. The number of thioether (sulfide) groups is 1. The maximum Gasteiger partial charge on any atom is 0.224 e. The molecule has 0 aliphatic carbocycles. The van der Waals surface area contributed by atoms with Crippen LogP contribution in [0.15, 0.2) is 47.4 Å². The zero-order valence-corrected chi connectivity index (χ0v) is 14.7. The van der Waals surface area contributed by atoms with E-state index in [4.69, 9.17) is 0 Å². The summed E-state index contributed by atoms with van der Waals surface area (Å²) in [4.78, 5) is 24.4. The topological polar surface area (TPSA) is 58.2 Å². The third kappa shape index (κ3) is 4.60. The van der Waals surface area contributed by atoms with Crippen LogP contribution in [0.4, 0.5) is 10.1 Å². The van der Waals surface area contributed by atoms with E-state index in [1.165, 1.54) is 19.1 Å². The van der Waals surface area contributed by atoms with Crippen molar-refractivity contribution < 1.29 is 14.0 Å². The van der Waals surface area contributed by atoms with Gasteiger partial charge in [0.1, 0.15) is 5.82 Å². The lowest BCUT2D eigenvalue weighted by Gasteiger charge is -2.26. The molecule has 4 nitrogen and oxygen atoms in total. The minimum absolute atomic E-state index is 0.0978. The van der Waals surface area contributed by atoms with Gasteiger partial charge in [0.15, 0.2) is 0 Å². The van der Waals surface area contributed by atoms with E-state index in [9.17, 15) is 14.0 Å². The number of hydrogen-bond acceptors (Lipinski definition) is 3. The van der Waals surface area contributed by atoms with Crippen molar-refractivity contribution >= 4 is 29.3 Å². The predicted molar refractivity (Wildman–Crippen MR) is 97.1 cm³/mol. The van der Waals surface area contributed by atoms with E-state index in [0.29, 0.717) is 5.69 Å². The van der Waals surface area contributed by atoms with Crippen molar-refractivity contribution in [1.29, 1.82) is 0 Å². The van der Waals surface area contributed by atoms with Crippen molar-refractivity contribution in [2.75, 3.05) is 11.1 Å². The van der Waals surface area contributed by atoms with E-state index in [0.717, 1.165) is 28.2 Å². The molecule has 130 valence electrons. The summed E-state index contributed by atoms with van der Waals surface area (Å²) in [6, 6.07) is 11.7. The summed E-state index contributed by atoms with van der Waals surface area (Å²) in [5.74, 6) is 0.384. The monoisotopic (exact) mass is 358 g/mol. The average Bonchev–Trinajstić information content (AvgIpc) is 2.57. The number of halogens is 1. The molecule has 2 aromatic carbocycles. The number of benzene rings is 2. The highest BCUT2D eigenvalue weighted by Crippen LogP contribution is 2.36. The third-order valence-electron chi connectivity index (χ3n) is 3.99. The van der Waals surface area contributed by atoms with Gasteiger partial charge in [0.25, 0.3) is 0 Å². The zero-order chi connectivity index (χ0) is 17.8. The van der Waals surface area contributed by atoms with Crippen LogP contribution >= 0.6 is 11.8 Å². The van der Waals surface area contributed by atoms with Crippen LogP contribution in [0.5, 0.6) is 0 Å². The molecule has 1 unspecified atom stereocenters. The van der Waals surface area contributed by atoms with Crippen LogP contribution in [-0.2, 0) is 16.0 Å². The standard InChI is InChI=1S/C19H19FN2O2S/c1-12(23)21-15-5-2-13(3-6-15)10-19(24)22-17-8-9-25-18-7-4-14(20)11-16(17)18/h2-7,11,17H,8-10H2,1H3,(H,21,23)(H,22,24). The highest BCUT2D eigenvalue weighted by Gasteiger charge is 2.22. The molecule has 1 heterocycles. The van der Waals surface area contributed by atoms with E-state index < -0.39 is 0 Å². The summed E-state index contributed by atoms with van der Waals surface area (Å²) < 4.78 is 13.5. The molecule has 0 saturated carbocycles. The maximum absolute atomic E-state index is 13.5. The summed E-state index contributed by atoms with van der Waals surface area (Å²) >= 11 is 1.69. The lowest BCUT2D eigenvalue weighted by molar-refractivity contribution is -0.121. The maximum atomic E-state index is 13.5. The molecule has 2 N–H and O–H groups in total. The Kier molecular flexibility index (Phi) is 5.38. The van der Waals surface area contributed by atoms with Crippen molar-refractivity contribution in [2.24, 2.45) is 0 Å². The van der Waals surface area contributed by atoms with Crippen LogP contribution in [0.1, 0.15) is 30.5 Å². The highest BCUT2D eigenvalue weighted by atomic mass is 32.2. The molecule has 0 spiro atoms. The average molecular weight is 358 g/mol. The first kappa shape index (κ1) is 17.5. The molecule has 1 aliphatic rings. The minimum Gasteiger partial charge on any atom is -0.349 e. The third-order valence-corrected chi connectivity index (χ3v) is 5.11. The van der Waals surface area contributed by atoms with Gasteiger partial charge >= 0.3 is 0 Å². The number of rotatable bonds is 4. The number of carbonyl (C=O) groups is 2. The van der Waals surface area contributed by atoms with E-state index >= 15 is 0 Å². The first-order valence-corrected chi connectivity index (χ1v) is 9.08. The van der Waals surface area contributed by atoms with Crippen molar-refractivity contribution in [3.05, 3.63) is 59.4 Å². The largest absolute Gasteiger partial charge is 0.349 e. The number of anilines is 1. The van der Waals surface area contributed by atoms with Crippen LogP contribution in [-0.4, -0.2) is 17.6 Å². The molecule has 3 rings (SSSR count). The molecule has 0 saturated heterocycles. The van der Waals surface area contributed by atoms with E-state index in [1.54, 1.807) is 30.0 Å². The fourth-order valence-corrected chi connectivity index (χ4v) is 3.96. The molecular weight excluding hydrogens is 339 g/mol. The first-order chi connectivity index (χ1) is 12.0. The van der Waals surface area contributed by atoms with Crippen molar-refractivity contribution in [1.82, 2.24) is 5.32 Å². The summed E-state index contributed by atoms with van der Waals surface area (Å²) in [5, 5.41) is 5.70. The summed E-state index contributed by atoms with van der Waals surface area (Å²) in [5.41, 5.74) is 2.41. The number of amides is 2.